The maximum absolute atomic E-state index is 11.8. The molecule has 0 atom stereocenters. The third-order valence-electron chi connectivity index (χ3n) is 2.07. The average molecular weight is 320 g/mol. The second-order valence-electron chi connectivity index (χ2n) is 3.60. The van der Waals surface area contributed by atoms with Crippen LogP contribution in [0, 0.1) is 0 Å². The minimum absolute atomic E-state index is 0. The number of unbranched alkanes of at least 4 members (excludes halogenated alkanes) is 1. The summed E-state index contributed by atoms with van der Waals surface area (Å²) < 4.78 is 54.5. The Morgan fingerprint density at radius 2 is 1.68 bits per heavy atom. The fraction of sp³-hybridized carbons (Fsp3) is 0.750. The Morgan fingerprint density at radius 3 is 2.16 bits per heavy atom. The molecule has 19 heavy (non-hydrogen) atoms. The molecule has 0 saturated heterocycles. The van der Waals surface area contributed by atoms with Crippen LogP contribution < -0.4 is 18.9 Å². The SMILES string of the molecule is CCc1nnc(S(=O)(=O)CCCCS(=O)(=O)[O-])s1.[Li+]. The van der Waals surface area contributed by atoms with Crippen LogP contribution in [0.5, 0.6) is 0 Å². The fourth-order valence-electron chi connectivity index (χ4n) is 1.16. The van der Waals surface area contributed by atoms with Crippen LogP contribution in [0.25, 0.3) is 0 Å². The van der Waals surface area contributed by atoms with E-state index in [2.05, 4.69) is 10.2 Å². The summed E-state index contributed by atoms with van der Waals surface area (Å²) in [5, 5.41) is 7.93. The maximum atomic E-state index is 11.8. The Kier molecular flexibility index (Phi) is 7.72. The molecule has 1 aromatic rings. The zero-order valence-corrected chi connectivity index (χ0v) is 13.1. The molecule has 0 bridgehead atoms. The second kappa shape index (κ2) is 7.71. The molecule has 0 radical (unpaired) electrons. The van der Waals surface area contributed by atoms with E-state index in [0.29, 0.717) is 11.4 Å². The average Bonchev–Trinajstić information content (AvgIpc) is 2.72. The Bertz CT molecular complexity index is 596. The van der Waals surface area contributed by atoms with Crippen LogP contribution in [0.4, 0.5) is 0 Å². The third kappa shape index (κ3) is 6.83. The van der Waals surface area contributed by atoms with Crippen molar-refractivity contribution in [3.63, 3.8) is 0 Å². The Hall–Kier alpha value is 0.0174. The van der Waals surface area contributed by atoms with E-state index in [1.807, 2.05) is 6.92 Å². The van der Waals surface area contributed by atoms with Crippen molar-refractivity contribution in [2.45, 2.75) is 30.5 Å². The molecular formula is C8H13LiN2O5S3. The molecule has 1 rings (SSSR count). The summed E-state index contributed by atoms with van der Waals surface area (Å²) in [5.74, 6) is -0.764. The van der Waals surface area contributed by atoms with Crippen molar-refractivity contribution in [2.75, 3.05) is 11.5 Å². The van der Waals surface area contributed by atoms with Gasteiger partial charge in [0.15, 0.2) is 0 Å². The van der Waals surface area contributed by atoms with Crippen molar-refractivity contribution in [3.05, 3.63) is 5.01 Å². The summed E-state index contributed by atoms with van der Waals surface area (Å²) in [4.78, 5) is 0. The van der Waals surface area contributed by atoms with Crippen LogP contribution in [0.2, 0.25) is 0 Å². The smallest absolute Gasteiger partial charge is 0.748 e. The topological polar surface area (TPSA) is 117 Å². The van der Waals surface area contributed by atoms with Crippen molar-refractivity contribution in [3.8, 4) is 0 Å². The molecule has 0 unspecified atom stereocenters. The van der Waals surface area contributed by atoms with Crippen molar-refractivity contribution < 1.29 is 40.2 Å². The molecular weight excluding hydrogens is 307 g/mol. The van der Waals surface area contributed by atoms with Crippen LogP contribution in [0.15, 0.2) is 4.34 Å². The van der Waals surface area contributed by atoms with E-state index in [9.17, 15) is 21.4 Å². The number of sulfone groups is 1. The summed E-state index contributed by atoms with van der Waals surface area (Å²) in [6.45, 7) is 1.84. The van der Waals surface area contributed by atoms with Crippen LogP contribution >= 0.6 is 11.3 Å². The molecule has 0 aromatic carbocycles. The first kappa shape index (κ1) is 19.0. The van der Waals surface area contributed by atoms with Crippen LogP contribution in [-0.2, 0) is 26.4 Å². The summed E-state index contributed by atoms with van der Waals surface area (Å²) in [7, 11) is -7.80. The number of rotatable bonds is 7. The summed E-state index contributed by atoms with van der Waals surface area (Å²) in [5.41, 5.74) is 0. The minimum Gasteiger partial charge on any atom is -0.748 e. The standard InChI is InChI=1S/C8H14N2O5S3.Li/c1-2-7-9-10-8(16-7)17(11,12)5-3-4-6-18(13,14)15;/h2-6H2,1H3,(H,13,14,15);/q;+1/p-1. The third-order valence-corrected chi connectivity index (χ3v) is 6.18. The van der Waals surface area contributed by atoms with Gasteiger partial charge in [-0.3, -0.25) is 0 Å². The van der Waals surface area contributed by atoms with E-state index in [1.54, 1.807) is 0 Å². The van der Waals surface area contributed by atoms with Gasteiger partial charge in [-0.05, 0) is 19.3 Å². The van der Waals surface area contributed by atoms with Crippen LogP contribution in [-0.4, -0.2) is 43.1 Å². The summed E-state index contributed by atoms with van der Waals surface area (Å²) in [6.07, 6.45) is 0.761. The summed E-state index contributed by atoms with van der Waals surface area (Å²) >= 11 is 1.01. The van der Waals surface area contributed by atoms with Gasteiger partial charge in [-0.1, -0.05) is 18.3 Å². The van der Waals surface area contributed by atoms with Crippen molar-refractivity contribution in [1.82, 2.24) is 10.2 Å². The molecule has 0 fully saturated rings. The molecule has 11 heteroatoms. The molecule has 0 amide bonds. The predicted octanol–water partition coefficient (Wildman–Crippen LogP) is -2.80. The number of aryl methyl sites for hydroxylation is 1. The number of hydrogen-bond acceptors (Lipinski definition) is 8. The maximum Gasteiger partial charge on any atom is 1.00 e. The zero-order valence-electron chi connectivity index (χ0n) is 10.7. The molecule has 104 valence electrons. The first-order valence-corrected chi connectivity index (χ1v) is 9.28. The quantitative estimate of drug-likeness (QED) is 0.303. The molecule has 0 aliphatic heterocycles. The molecule has 1 heterocycles. The van der Waals surface area contributed by atoms with Crippen molar-refractivity contribution in [1.29, 1.82) is 0 Å². The molecule has 0 spiro atoms. The molecule has 0 N–H and O–H groups in total. The van der Waals surface area contributed by atoms with E-state index >= 15 is 0 Å². The summed E-state index contributed by atoms with van der Waals surface area (Å²) in [6, 6.07) is 0. The Morgan fingerprint density at radius 1 is 1.11 bits per heavy atom. The number of nitrogens with zero attached hydrogens (tertiary/aromatic N) is 2. The molecule has 0 aliphatic carbocycles. The minimum atomic E-state index is -4.28. The Labute approximate surface area is 128 Å². The fourth-order valence-corrected chi connectivity index (χ4v) is 4.20. The number of hydrogen-bond donors (Lipinski definition) is 0. The largest absolute Gasteiger partial charge is 1.00 e. The van der Waals surface area contributed by atoms with Gasteiger partial charge in [0.2, 0.25) is 14.2 Å². The zero-order chi connectivity index (χ0) is 13.8. The first-order chi connectivity index (χ1) is 8.24. The van der Waals surface area contributed by atoms with E-state index in [4.69, 9.17) is 0 Å². The van der Waals surface area contributed by atoms with Gasteiger partial charge in [0.1, 0.15) is 5.01 Å². The Balaban J connectivity index is 0.00000324. The van der Waals surface area contributed by atoms with Crippen LogP contribution in [0.3, 0.4) is 0 Å². The van der Waals surface area contributed by atoms with Crippen LogP contribution in [0.1, 0.15) is 24.8 Å². The van der Waals surface area contributed by atoms with Crippen molar-refractivity contribution >= 4 is 31.3 Å². The molecule has 0 aliphatic rings. The van der Waals surface area contributed by atoms with Gasteiger partial charge >= 0.3 is 18.9 Å². The van der Waals surface area contributed by atoms with E-state index in [0.717, 1.165) is 11.3 Å². The van der Waals surface area contributed by atoms with Gasteiger partial charge in [-0.15, -0.1) is 10.2 Å². The number of aromatic nitrogens is 2. The molecule has 0 saturated carbocycles. The van der Waals surface area contributed by atoms with Gasteiger partial charge in [0.05, 0.1) is 15.9 Å². The van der Waals surface area contributed by atoms with Gasteiger partial charge in [-0.2, -0.15) is 0 Å². The van der Waals surface area contributed by atoms with Gasteiger partial charge in [0, 0.05) is 5.75 Å². The van der Waals surface area contributed by atoms with Gasteiger partial charge < -0.3 is 4.55 Å². The molecule has 7 nitrogen and oxygen atoms in total. The van der Waals surface area contributed by atoms with Gasteiger partial charge in [-0.25, -0.2) is 16.8 Å². The van der Waals surface area contributed by atoms with Crippen molar-refractivity contribution in [2.24, 2.45) is 0 Å². The first-order valence-electron chi connectivity index (χ1n) is 5.23. The monoisotopic (exact) mass is 320 g/mol. The van der Waals surface area contributed by atoms with Gasteiger partial charge in [0.25, 0.3) is 0 Å². The molecule has 1 aromatic heterocycles. The predicted molar refractivity (Wildman–Crippen MR) is 65.1 cm³/mol. The normalized spacial score (nSPS) is 12.1. The van der Waals surface area contributed by atoms with E-state index < -0.39 is 25.7 Å². The van der Waals surface area contributed by atoms with E-state index in [-0.39, 0.29) is 41.8 Å². The van der Waals surface area contributed by atoms with E-state index in [1.165, 1.54) is 0 Å². The second-order valence-corrected chi connectivity index (χ2v) is 8.47.